The first-order valence-electron chi connectivity index (χ1n) is 23.7. The van der Waals surface area contributed by atoms with Gasteiger partial charge in [0, 0.05) is 59.7 Å². The number of nitrogens with one attached hydrogen (secondary N) is 1. The number of benzene rings is 1. The second-order valence-electron chi connectivity index (χ2n) is 16.0. The van der Waals surface area contributed by atoms with Crippen molar-refractivity contribution in [2.24, 2.45) is 0 Å². The van der Waals surface area contributed by atoms with Gasteiger partial charge in [-0.15, -0.1) is 0 Å². The molecule has 0 aliphatic carbocycles. The smallest absolute Gasteiger partial charge is 0.307 e. The van der Waals surface area contributed by atoms with Crippen LogP contribution >= 0.6 is 43.2 Å². The van der Waals surface area contributed by atoms with Crippen LogP contribution in [-0.4, -0.2) is 77.7 Å². The van der Waals surface area contributed by atoms with Crippen LogP contribution in [0.15, 0.2) is 30.5 Å². The average Bonchev–Trinajstić information content (AvgIpc) is 3.65. The van der Waals surface area contributed by atoms with Gasteiger partial charge in [0.2, 0.25) is 0 Å². The number of fused-ring (bicyclic) bond motifs is 1. The van der Waals surface area contributed by atoms with E-state index in [0.29, 0.717) is 39.1 Å². The molecule has 6 nitrogen and oxygen atoms in total. The summed E-state index contributed by atoms with van der Waals surface area (Å²) in [7, 11) is 7.43. The van der Waals surface area contributed by atoms with Gasteiger partial charge < -0.3 is 19.4 Å². The maximum absolute atomic E-state index is 12.7. The summed E-state index contributed by atoms with van der Waals surface area (Å²) in [6, 6.07) is 8.34. The fourth-order valence-electron chi connectivity index (χ4n) is 7.21. The third kappa shape index (κ3) is 31.0. The van der Waals surface area contributed by atoms with Crippen LogP contribution < -0.4 is 0 Å². The third-order valence-corrected chi connectivity index (χ3v) is 15.7. The van der Waals surface area contributed by atoms with E-state index in [1.807, 2.05) is 49.2 Å². The number of carbonyl (C=O) groups is 2. The lowest BCUT2D eigenvalue weighted by molar-refractivity contribution is -0.143. The summed E-state index contributed by atoms with van der Waals surface area (Å²) >= 11 is 0. The quantitative estimate of drug-likeness (QED) is 0.0398. The average molecular weight is 881 g/mol. The Balaban J connectivity index is 1.51. The zero-order valence-corrected chi connectivity index (χ0v) is 40.3. The molecule has 1 N–H and O–H groups in total. The fourth-order valence-corrected chi connectivity index (χ4v) is 11.2. The van der Waals surface area contributed by atoms with Gasteiger partial charge in [-0.2, -0.15) is 0 Å². The Morgan fingerprint density at radius 3 is 1.36 bits per heavy atom. The number of aromatic amines is 1. The van der Waals surface area contributed by atoms with Crippen LogP contribution in [0.25, 0.3) is 10.9 Å². The molecular formula is C48H84N2O4S4. The minimum atomic E-state index is -0.163. The number of esters is 2. The van der Waals surface area contributed by atoms with Crippen molar-refractivity contribution in [3.63, 3.8) is 0 Å². The van der Waals surface area contributed by atoms with Crippen LogP contribution in [0.1, 0.15) is 186 Å². The van der Waals surface area contributed by atoms with Crippen molar-refractivity contribution in [2.45, 2.75) is 187 Å². The van der Waals surface area contributed by atoms with E-state index >= 15 is 0 Å². The molecule has 0 aliphatic rings. The molecule has 334 valence electrons. The molecule has 10 heteroatoms. The normalized spacial score (nSPS) is 11.6. The summed E-state index contributed by atoms with van der Waals surface area (Å²) in [6.45, 7) is 7.37. The molecule has 0 saturated carbocycles. The first kappa shape index (κ1) is 53.2. The summed E-state index contributed by atoms with van der Waals surface area (Å²) in [5, 5.41) is 1.23. The van der Waals surface area contributed by atoms with Crippen LogP contribution in [0, 0.1) is 0 Å². The highest BCUT2D eigenvalue weighted by molar-refractivity contribution is 8.77. The Hall–Kier alpha value is -0.940. The van der Waals surface area contributed by atoms with Gasteiger partial charge in [-0.25, -0.2) is 0 Å². The largest absolute Gasteiger partial charge is 0.465 e. The number of H-pyrrole nitrogens is 1. The monoisotopic (exact) mass is 881 g/mol. The van der Waals surface area contributed by atoms with E-state index in [2.05, 4.69) is 48.1 Å². The van der Waals surface area contributed by atoms with Crippen molar-refractivity contribution in [1.29, 1.82) is 0 Å². The second kappa shape index (κ2) is 40.2. The van der Waals surface area contributed by atoms with Crippen molar-refractivity contribution < 1.29 is 19.1 Å². The number of para-hydroxylation sites is 1. The van der Waals surface area contributed by atoms with E-state index in [9.17, 15) is 9.59 Å². The molecule has 0 unspecified atom stereocenters. The molecule has 0 amide bonds. The predicted octanol–water partition coefficient (Wildman–Crippen LogP) is 15.0. The second-order valence-corrected chi connectivity index (χ2v) is 21.4. The summed E-state index contributed by atoms with van der Waals surface area (Å²) in [6.07, 6.45) is 36.7. The number of hydrogen-bond donors (Lipinski definition) is 1. The Morgan fingerprint density at radius 2 is 0.914 bits per heavy atom. The number of ether oxygens (including phenoxy) is 2. The van der Waals surface area contributed by atoms with E-state index in [1.165, 1.54) is 177 Å². The molecule has 0 radical (unpaired) electrons. The van der Waals surface area contributed by atoms with Crippen LogP contribution in [0.5, 0.6) is 0 Å². The molecule has 1 heterocycles. The van der Waals surface area contributed by atoms with E-state index in [1.54, 1.807) is 0 Å². The van der Waals surface area contributed by atoms with Crippen molar-refractivity contribution in [1.82, 2.24) is 9.88 Å². The lowest BCUT2D eigenvalue weighted by Crippen LogP contribution is -2.31. The summed E-state index contributed by atoms with van der Waals surface area (Å²) in [4.78, 5) is 30.9. The van der Waals surface area contributed by atoms with E-state index < -0.39 is 0 Å². The Bertz CT molecular complexity index is 1180. The van der Waals surface area contributed by atoms with E-state index in [-0.39, 0.29) is 11.9 Å². The van der Waals surface area contributed by atoms with Crippen LogP contribution in [-0.2, 0) is 25.5 Å². The zero-order chi connectivity index (χ0) is 41.4. The molecule has 0 spiro atoms. The fraction of sp³-hybridized carbons (Fsp3) is 0.792. The third-order valence-electron chi connectivity index (χ3n) is 10.8. The number of carbonyl (C=O) groups excluding carboxylic acids is 2. The maximum atomic E-state index is 12.7. The first-order valence-corrected chi connectivity index (χ1v) is 28.7. The van der Waals surface area contributed by atoms with E-state index in [4.69, 9.17) is 9.47 Å². The molecule has 0 saturated heterocycles. The first-order chi connectivity index (χ1) is 28.6. The summed E-state index contributed by atoms with van der Waals surface area (Å²) < 4.78 is 11.2. The molecule has 0 atom stereocenters. The Morgan fingerprint density at radius 1 is 0.517 bits per heavy atom. The van der Waals surface area contributed by atoms with Crippen LogP contribution in [0.2, 0.25) is 0 Å². The van der Waals surface area contributed by atoms with Gasteiger partial charge in [-0.3, -0.25) is 9.59 Å². The molecule has 0 bridgehead atoms. The van der Waals surface area contributed by atoms with Gasteiger partial charge >= 0.3 is 11.9 Å². The Kier molecular flexibility index (Phi) is 36.8. The van der Waals surface area contributed by atoms with Gasteiger partial charge in [0.25, 0.3) is 0 Å². The lowest BCUT2D eigenvalue weighted by Gasteiger charge is -2.21. The highest BCUT2D eigenvalue weighted by Crippen LogP contribution is 2.24. The van der Waals surface area contributed by atoms with Crippen molar-refractivity contribution in [2.75, 3.05) is 55.9 Å². The van der Waals surface area contributed by atoms with Crippen molar-refractivity contribution in [3.8, 4) is 0 Å². The predicted molar refractivity (Wildman–Crippen MR) is 262 cm³/mol. The van der Waals surface area contributed by atoms with Crippen molar-refractivity contribution >= 4 is 66.0 Å². The highest BCUT2D eigenvalue weighted by atomic mass is 33.1. The van der Waals surface area contributed by atoms with Gasteiger partial charge in [-0.1, -0.05) is 216 Å². The summed E-state index contributed by atoms with van der Waals surface area (Å²) in [5.74, 6) is 3.65. The van der Waals surface area contributed by atoms with Crippen LogP contribution in [0.4, 0.5) is 0 Å². The van der Waals surface area contributed by atoms with E-state index in [0.717, 1.165) is 30.0 Å². The molecular weight excluding hydrogens is 797 g/mol. The molecule has 2 aromatic rings. The zero-order valence-electron chi connectivity index (χ0n) is 37.1. The SMILES string of the molecule is CCCCCCCCCCCCCCSSCCOC(=O)CCN(CCC(=O)OCCSSCCCCCCCCCCCCCC)CCc1c[nH]c2ccccc12. The highest BCUT2D eigenvalue weighted by Gasteiger charge is 2.14. The topological polar surface area (TPSA) is 71.6 Å². The number of rotatable bonds is 43. The molecule has 1 aromatic heterocycles. The minimum absolute atomic E-state index is 0.163. The van der Waals surface area contributed by atoms with Crippen molar-refractivity contribution in [3.05, 3.63) is 36.0 Å². The number of aromatic nitrogens is 1. The van der Waals surface area contributed by atoms with Gasteiger partial charge in [0.05, 0.1) is 12.8 Å². The lowest BCUT2D eigenvalue weighted by atomic mass is 10.1. The number of nitrogens with zero attached hydrogens (tertiary/aromatic N) is 1. The minimum Gasteiger partial charge on any atom is -0.465 e. The van der Waals surface area contributed by atoms with Gasteiger partial charge in [0.15, 0.2) is 0 Å². The van der Waals surface area contributed by atoms with Crippen LogP contribution in [0.3, 0.4) is 0 Å². The molecule has 0 fully saturated rings. The Labute approximate surface area is 372 Å². The number of unbranched alkanes of at least 4 members (excludes halogenated alkanes) is 22. The summed E-state index contributed by atoms with van der Waals surface area (Å²) in [5.41, 5.74) is 2.38. The van der Waals surface area contributed by atoms with Gasteiger partial charge in [-0.05, 0) is 30.9 Å². The van der Waals surface area contributed by atoms with Gasteiger partial charge in [0.1, 0.15) is 13.2 Å². The molecule has 2 rings (SSSR count). The molecule has 0 aliphatic heterocycles. The molecule has 58 heavy (non-hydrogen) atoms. The molecule has 1 aromatic carbocycles. The standard InChI is InChI=1S/C48H84N2O4S4/c1-3-5-7-9-11-13-15-17-19-21-23-27-39-55-57-41-37-53-47(51)32-35-50(34-31-44-43-49-46-30-26-25-29-45(44)46)36-33-48(52)54-38-42-58-56-40-28-24-22-20-18-16-14-12-10-8-6-4-2/h25-26,29-30,43,49H,3-24,27-28,31-42H2,1-2H3. The number of hydrogen-bond acceptors (Lipinski definition) is 9. The maximum Gasteiger partial charge on any atom is 0.307 e.